The molecule has 27 heavy (non-hydrogen) atoms. The Kier molecular flexibility index (Phi) is 4.35. The van der Waals surface area contributed by atoms with E-state index in [9.17, 15) is 19.1 Å². The van der Waals surface area contributed by atoms with Crippen LogP contribution in [0.5, 0.6) is 0 Å². The summed E-state index contributed by atoms with van der Waals surface area (Å²) in [5.41, 5.74) is 0.410. The number of amides is 1. The van der Waals surface area contributed by atoms with Crippen LogP contribution in [-0.2, 0) is 22.7 Å². The Hall–Kier alpha value is -2.52. The number of rotatable bonds is 3. The fourth-order valence-corrected chi connectivity index (χ4v) is 3.88. The zero-order chi connectivity index (χ0) is 19.3. The third-order valence-electron chi connectivity index (χ3n) is 5.17. The molecular weight excluding hydrogens is 377 g/mol. The lowest BCUT2D eigenvalue weighted by molar-refractivity contribution is -0.147. The van der Waals surface area contributed by atoms with Crippen molar-refractivity contribution in [3.8, 4) is 0 Å². The third kappa shape index (κ3) is 2.96. The summed E-state index contributed by atoms with van der Waals surface area (Å²) in [5.74, 6) is -0.582. The van der Waals surface area contributed by atoms with Crippen LogP contribution >= 0.6 is 11.6 Å². The molecule has 1 aromatic heterocycles. The summed E-state index contributed by atoms with van der Waals surface area (Å²) in [7, 11) is 0. The van der Waals surface area contributed by atoms with Gasteiger partial charge in [0.25, 0.3) is 0 Å². The quantitative estimate of drug-likeness (QED) is 0.848. The number of hydrogen-bond donors (Lipinski definition) is 1. The Balaban J connectivity index is 1.62. The van der Waals surface area contributed by atoms with Crippen LogP contribution in [0, 0.1) is 12.7 Å². The lowest BCUT2D eigenvalue weighted by atomic mass is 10.1. The first kappa shape index (κ1) is 17.9. The fourth-order valence-electron chi connectivity index (χ4n) is 3.76. The zero-order valence-corrected chi connectivity index (χ0v) is 15.2. The molecule has 1 fully saturated rings. The van der Waals surface area contributed by atoms with Gasteiger partial charge in [-0.25, -0.2) is 4.39 Å². The van der Waals surface area contributed by atoms with Gasteiger partial charge >= 0.3 is 5.97 Å². The highest BCUT2D eigenvalue weighted by molar-refractivity contribution is 6.30. The van der Waals surface area contributed by atoms with E-state index in [2.05, 4.69) is 10.2 Å². The summed E-state index contributed by atoms with van der Waals surface area (Å²) in [6.07, 6.45) is 0.444. The molecule has 8 nitrogen and oxygen atoms in total. The highest BCUT2D eigenvalue weighted by Crippen LogP contribution is 2.30. The van der Waals surface area contributed by atoms with E-state index in [0.717, 1.165) is 0 Å². The number of carbonyl (C=O) groups is 2. The minimum absolute atomic E-state index is 0.0152. The van der Waals surface area contributed by atoms with E-state index in [1.165, 1.54) is 17.0 Å². The molecule has 2 atom stereocenters. The molecule has 1 saturated heterocycles. The summed E-state index contributed by atoms with van der Waals surface area (Å²) in [6.45, 7) is 2.54. The van der Waals surface area contributed by atoms with Gasteiger partial charge in [-0.2, -0.15) is 0 Å². The van der Waals surface area contributed by atoms with Gasteiger partial charge in [0.05, 0.1) is 24.2 Å². The lowest BCUT2D eigenvalue weighted by Crippen LogP contribution is -2.54. The van der Waals surface area contributed by atoms with Crippen molar-refractivity contribution >= 4 is 29.2 Å². The molecule has 2 aliphatic rings. The Morgan fingerprint density at radius 3 is 2.85 bits per heavy atom. The predicted molar refractivity (Wildman–Crippen MR) is 93.9 cm³/mol. The molecule has 142 valence electrons. The standard InChI is InChI=1S/C17H17ClFN5O3/c1-9-20-21-15-8-24(14(17(26)27)7-23(9)15)13-4-5-22(16(13)25)10-2-3-11(18)12(19)6-10/h2-3,6,13-14H,4-5,7-8H2,1H3,(H,26,27). The van der Waals surface area contributed by atoms with Crippen LogP contribution in [0.15, 0.2) is 18.2 Å². The topological polar surface area (TPSA) is 91.6 Å². The average Bonchev–Trinajstić information content (AvgIpc) is 3.19. The first-order chi connectivity index (χ1) is 12.9. The first-order valence-corrected chi connectivity index (χ1v) is 8.88. The van der Waals surface area contributed by atoms with Crippen LogP contribution in [-0.4, -0.2) is 55.3 Å². The molecule has 2 unspecified atom stereocenters. The molecule has 0 radical (unpaired) electrons. The van der Waals surface area contributed by atoms with E-state index >= 15 is 0 Å². The number of aliphatic carboxylic acids is 1. The van der Waals surface area contributed by atoms with Crippen LogP contribution in [0.2, 0.25) is 5.02 Å². The molecule has 2 aromatic rings. The van der Waals surface area contributed by atoms with Gasteiger partial charge in [-0.15, -0.1) is 10.2 Å². The molecule has 1 aromatic carbocycles. The van der Waals surface area contributed by atoms with Gasteiger partial charge in [0.2, 0.25) is 5.91 Å². The minimum Gasteiger partial charge on any atom is -0.480 e. The predicted octanol–water partition coefficient (Wildman–Crippen LogP) is 1.45. The summed E-state index contributed by atoms with van der Waals surface area (Å²) < 4.78 is 15.5. The van der Waals surface area contributed by atoms with Crippen molar-refractivity contribution in [3.05, 3.63) is 40.7 Å². The fraction of sp³-hybridized carbons (Fsp3) is 0.412. The average molecular weight is 394 g/mol. The maximum Gasteiger partial charge on any atom is 0.322 e. The van der Waals surface area contributed by atoms with Gasteiger partial charge < -0.3 is 14.6 Å². The van der Waals surface area contributed by atoms with Crippen molar-refractivity contribution in [1.82, 2.24) is 19.7 Å². The lowest BCUT2D eigenvalue weighted by Gasteiger charge is -2.36. The van der Waals surface area contributed by atoms with Gasteiger partial charge in [0.15, 0.2) is 0 Å². The van der Waals surface area contributed by atoms with Crippen molar-refractivity contribution < 1.29 is 19.1 Å². The molecule has 3 heterocycles. The largest absolute Gasteiger partial charge is 0.480 e. The van der Waals surface area contributed by atoms with Gasteiger partial charge in [0, 0.05) is 12.2 Å². The number of carbonyl (C=O) groups excluding carboxylic acids is 1. The number of carboxylic acid groups (broad SMARTS) is 1. The van der Waals surface area contributed by atoms with E-state index in [0.29, 0.717) is 30.3 Å². The number of nitrogens with zero attached hydrogens (tertiary/aromatic N) is 5. The first-order valence-electron chi connectivity index (χ1n) is 8.50. The number of carboxylic acids is 1. The van der Waals surface area contributed by atoms with E-state index in [1.54, 1.807) is 22.5 Å². The second-order valence-corrected chi connectivity index (χ2v) is 7.10. The Labute approximate surface area is 159 Å². The van der Waals surface area contributed by atoms with Crippen LogP contribution in [0.1, 0.15) is 18.1 Å². The SMILES string of the molecule is Cc1nnc2n1CC(C(=O)O)N(C1CCN(c3ccc(Cl)c(F)c3)C1=O)C2. The van der Waals surface area contributed by atoms with Crippen molar-refractivity contribution in [2.24, 2.45) is 0 Å². The highest BCUT2D eigenvalue weighted by atomic mass is 35.5. The maximum absolute atomic E-state index is 13.8. The van der Waals surface area contributed by atoms with Crippen LogP contribution in [0.3, 0.4) is 0 Å². The summed E-state index contributed by atoms with van der Waals surface area (Å²) >= 11 is 5.71. The number of benzene rings is 1. The Bertz CT molecular complexity index is 933. The maximum atomic E-state index is 13.8. The third-order valence-corrected chi connectivity index (χ3v) is 5.48. The number of anilines is 1. The number of hydrogen-bond acceptors (Lipinski definition) is 5. The van der Waals surface area contributed by atoms with Crippen molar-refractivity contribution in [2.75, 3.05) is 11.4 Å². The van der Waals surface area contributed by atoms with E-state index in [4.69, 9.17) is 11.6 Å². The molecule has 2 aliphatic heterocycles. The summed E-state index contributed by atoms with van der Waals surface area (Å²) in [4.78, 5) is 27.9. The van der Waals surface area contributed by atoms with E-state index < -0.39 is 23.9 Å². The highest BCUT2D eigenvalue weighted by Gasteiger charge is 2.44. The number of aryl methyl sites for hydroxylation is 1. The van der Waals surface area contributed by atoms with Crippen molar-refractivity contribution in [3.63, 3.8) is 0 Å². The van der Waals surface area contributed by atoms with Crippen molar-refractivity contribution in [2.45, 2.75) is 38.5 Å². The van der Waals surface area contributed by atoms with Gasteiger partial charge in [0.1, 0.15) is 23.5 Å². The van der Waals surface area contributed by atoms with Crippen LogP contribution < -0.4 is 4.90 Å². The Morgan fingerprint density at radius 1 is 1.37 bits per heavy atom. The molecule has 10 heteroatoms. The summed E-state index contributed by atoms with van der Waals surface area (Å²) in [6, 6.07) is 2.72. The van der Waals surface area contributed by atoms with E-state index in [1.807, 2.05) is 0 Å². The van der Waals surface area contributed by atoms with Gasteiger partial charge in [-0.3, -0.25) is 14.5 Å². The number of fused-ring (bicyclic) bond motifs is 1. The Morgan fingerprint density at radius 2 is 2.15 bits per heavy atom. The van der Waals surface area contributed by atoms with Crippen LogP contribution in [0.25, 0.3) is 0 Å². The molecule has 0 bridgehead atoms. The molecule has 0 aliphatic carbocycles. The number of aromatic nitrogens is 3. The monoisotopic (exact) mass is 393 g/mol. The normalized spacial score (nSPS) is 22.9. The van der Waals surface area contributed by atoms with Crippen molar-refractivity contribution in [1.29, 1.82) is 0 Å². The minimum atomic E-state index is -1.00. The zero-order valence-electron chi connectivity index (χ0n) is 14.5. The number of halogens is 2. The molecular formula is C17H17ClFN5O3. The van der Waals surface area contributed by atoms with Gasteiger partial charge in [-0.05, 0) is 31.5 Å². The van der Waals surface area contributed by atoms with Crippen LogP contribution in [0.4, 0.5) is 10.1 Å². The summed E-state index contributed by atoms with van der Waals surface area (Å²) in [5, 5.41) is 17.7. The molecule has 4 rings (SSSR count). The molecule has 0 spiro atoms. The van der Waals surface area contributed by atoms with Gasteiger partial charge in [-0.1, -0.05) is 11.6 Å². The van der Waals surface area contributed by atoms with E-state index in [-0.39, 0.29) is 24.0 Å². The molecule has 0 saturated carbocycles. The molecule has 1 amide bonds. The smallest absolute Gasteiger partial charge is 0.322 e. The second-order valence-electron chi connectivity index (χ2n) is 6.69. The second kappa shape index (κ2) is 6.58. The molecule has 1 N–H and O–H groups in total.